The molecule has 0 radical (unpaired) electrons. The van der Waals surface area contributed by atoms with E-state index in [1.165, 1.54) is 12.1 Å². The zero-order valence-corrected chi connectivity index (χ0v) is 14.9. The molecule has 5 rings (SSSR count). The van der Waals surface area contributed by atoms with Crippen molar-refractivity contribution in [2.75, 3.05) is 13.1 Å². The van der Waals surface area contributed by atoms with Crippen LogP contribution < -0.4 is 0 Å². The maximum absolute atomic E-state index is 13.8. The molecule has 2 aromatic rings. The average molecular weight is 368 g/mol. The molecule has 1 aliphatic heterocycles. The van der Waals surface area contributed by atoms with E-state index in [4.69, 9.17) is 0 Å². The number of fused-ring (bicyclic) bond motifs is 1. The normalized spacial score (nSPS) is 23.6. The number of carboxylic acid groups (broad SMARTS) is 1. The minimum Gasteiger partial charge on any atom is -0.481 e. The summed E-state index contributed by atoms with van der Waals surface area (Å²) in [6.07, 6.45) is 4.33. The van der Waals surface area contributed by atoms with E-state index in [9.17, 15) is 19.1 Å². The van der Waals surface area contributed by atoms with Gasteiger partial charge in [-0.2, -0.15) is 0 Å². The molecule has 2 aliphatic carbocycles. The molecule has 6 heteroatoms. The molecule has 2 saturated carbocycles. The van der Waals surface area contributed by atoms with Gasteiger partial charge in [0.05, 0.1) is 17.0 Å². The number of carbonyl (C=O) groups is 2. The lowest BCUT2D eigenvalue weighted by Gasteiger charge is -2.33. The minimum atomic E-state index is -0.723. The molecule has 5 nitrogen and oxygen atoms in total. The van der Waals surface area contributed by atoms with Gasteiger partial charge in [0.2, 0.25) is 0 Å². The quantitative estimate of drug-likeness (QED) is 0.899. The van der Waals surface area contributed by atoms with Crippen LogP contribution in [0.4, 0.5) is 4.39 Å². The number of hydrogen-bond acceptors (Lipinski definition) is 3. The Bertz CT molecular complexity index is 961. The Morgan fingerprint density at radius 1 is 1.19 bits per heavy atom. The van der Waals surface area contributed by atoms with Crippen molar-refractivity contribution in [1.29, 1.82) is 0 Å². The fourth-order valence-electron chi connectivity index (χ4n) is 4.56. The van der Waals surface area contributed by atoms with Crippen molar-refractivity contribution in [3.8, 4) is 0 Å². The molecule has 2 heterocycles. The first-order chi connectivity index (χ1) is 13.0. The first-order valence-corrected chi connectivity index (χ1v) is 9.59. The number of carboxylic acids is 1. The summed E-state index contributed by atoms with van der Waals surface area (Å²) in [5, 5.41) is 9.79. The summed E-state index contributed by atoms with van der Waals surface area (Å²) in [5.41, 5.74) is 1.97. The van der Waals surface area contributed by atoms with E-state index in [-0.39, 0.29) is 23.1 Å². The third-order valence-electron chi connectivity index (χ3n) is 6.55. The van der Waals surface area contributed by atoms with Gasteiger partial charge in [0.1, 0.15) is 5.82 Å². The summed E-state index contributed by atoms with van der Waals surface area (Å²) < 4.78 is 13.8. The van der Waals surface area contributed by atoms with Crippen LogP contribution in [-0.4, -0.2) is 40.0 Å². The van der Waals surface area contributed by atoms with Crippen molar-refractivity contribution in [2.45, 2.75) is 38.0 Å². The number of hydrogen-bond donors (Lipinski definition) is 1. The number of pyridine rings is 1. The number of halogens is 1. The standard InChI is InChI=1S/C21H21FN2O3/c22-13-3-4-17-14(9-13)15(10-18(23-17)12-1-2-12)19(25)24-7-5-21(6-8-24)11-16(21)20(26)27/h3-4,9-10,12,16H,1-2,5-8,11H2,(H,26,27). The van der Waals surface area contributed by atoms with Crippen LogP contribution in [0.3, 0.4) is 0 Å². The number of aliphatic carboxylic acids is 1. The molecule has 1 amide bonds. The second-order valence-corrected chi connectivity index (χ2v) is 8.28. The molecule has 3 aliphatic rings. The first-order valence-electron chi connectivity index (χ1n) is 9.59. The van der Waals surface area contributed by atoms with Crippen LogP contribution in [0, 0.1) is 17.2 Å². The van der Waals surface area contributed by atoms with Gasteiger partial charge in [0.15, 0.2) is 0 Å². The van der Waals surface area contributed by atoms with E-state index in [1.54, 1.807) is 11.0 Å². The molecule has 1 saturated heterocycles. The van der Waals surface area contributed by atoms with Crippen LogP contribution in [0.5, 0.6) is 0 Å². The highest BCUT2D eigenvalue weighted by Crippen LogP contribution is 2.59. The van der Waals surface area contributed by atoms with Crippen LogP contribution in [0.25, 0.3) is 10.9 Å². The fraction of sp³-hybridized carbons (Fsp3) is 0.476. The van der Waals surface area contributed by atoms with Crippen molar-refractivity contribution in [1.82, 2.24) is 9.88 Å². The third kappa shape index (κ3) is 2.78. The number of benzene rings is 1. The highest BCUT2D eigenvalue weighted by atomic mass is 19.1. The van der Waals surface area contributed by atoms with E-state index in [0.717, 1.165) is 37.8 Å². The predicted molar refractivity (Wildman–Crippen MR) is 97.0 cm³/mol. The van der Waals surface area contributed by atoms with E-state index >= 15 is 0 Å². The maximum Gasteiger partial charge on any atom is 0.307 e. The molecule has 1 spiro atoms. The van der Waals surface area contributed by atoms with Gasteiger partial charge in [-0.05, 0) is 61.8 Å². The van der Waals surface area contributed by atoms with Crippen molar-refractivity contribution >= 4 is 22.8 Å². The second-order valence-electron chi connectivity index (χ2n) is 8.28. The summed E-state index contributed by atoms with van der Waals surface area (Å²) in [4.78, 5) is 30.9. The molecular weight excluding hydrogens is 347 g/mol. The van der Waals surface area contributed by atoms with Crippen molar-refractivity contribution < 1.29 is 19.1 Å². The summed E-state index contributed by atoms with van der Waals surface area (Å²) >= 11 is 0. The largest absolute Gasteiger partial charge is 0.481 e. The molecule has 1 unspecified atom stereocenters. The number of likely N-dealkylation sites (tertiary alicyclic amines) is 1. The topological polar surface area (TPSA) is 70.5 Å². The Labute approximate surface area is 156 Å². The Kier molecular flexibility index (Phi) is 3.55. The molecule has 3 fully saturated rings. The molecule has 140 valence electrons. The SMILES string of the molecule is O=C(O)C1CC12CCN(C(=O)c1cc(C3CC3)nc3ccc(F)cc13)CC2. The van der Waals surface area contributed by atoms with Crippen LogP contribution in [-0.2, 0) is 4.79 Å². The van der Waals surface area contributed by atoms with Crippen molar-refractivity contribution in [2.24, 2.45) is 11.3 Å². The zero-order chi connectivity index (χ0) is 18.8. The van der Waals surface area contributed by atoms with E-state index in [1.807, 2.05) is 6.07 Å². The fourth-order valence-corrected chi connectivity index (χ4v) is 4.56. The zero-order valence-electron chi connectivity index (χ0n) is 14.9. The monoisotopic (exact) mass is 368 g/mol. The van der Waals surface area contributed by atoms with Gasteiger partial charge in [-0.1, -0.05) is 0 Å². The van der Waals surface area contributed by atoms with Gasteiger partial charge in [0.25, 0.3) is 5.91 Å². The Balaban J connectivity index is 1.44. The number of amides is 1. The van der Waals surface area contributed by atoms with Crippen molar-refractivity contribution in [3.63, 3.8) is 0 Å². The number of aromatic nitrogens is 1. The Morgan fingerprint density at radius 3 is 2.56 bits per heavy atom. The second kappa shape index (κ2) is 5.75. The van der Waals surface area contributed by atoms with Gasteiger partial charge in [-0.15, -0.1) is 0 Å². The van der Waals surface area contributed by atoms with Gasteiger partial charge in [0, 0.05) is 30.1 Å². The lowest BCUT2D eigenvalue weighted by molar-refractivity contribution is -0.139. The predicted octanol–water partition coefficient (Wildman–Crippen LogP) is 3.58. The third-order valence-corrected chi connectivity index (χ3v) is 6.55. The minimum absolute atomic E-state index is 0.0997. The summed E-state index contributed by atoms with van der Waals surface area (Å²) in [5.74, 6) is -1.06. The van der Waals surface area contributed by atoms with Crippen LogP contribution in [0.15, 0.2) is 24.3 Å². The summed E-state index contributed by atoms with van der Waals surface area (Å²) in [6.45, 7) is 1.11. The van der Waals surface area contributed by atoms with Crippen LogP contribution in [0.1, 0.15) is 54.1 Å². The molecule has 1 N–H and O–H groups in total. The Morgan fingerprint density at radius 2 is 1.93 bits per heavy atom. The summed E-state index contributed by atoms with van der Waals surface area (Å²) in [6, 6.07) is 6.24. The maximum atomic E-state index is 13.8. The van der Waals surface area contributed by atoms with Crippen molar-refractivity contribution in [3.05, 3.63) is 41.3 Å². The molecule has 1 atom stereocenters. The average Bonchev–Trinajstić information content (AvgIpc) is 3.57. The van der Waals surface area contributed by atoms with E-state index in [0.29, 0.717) is 35.5 Å². The molecule has 1 aromatic carbocycles. The smallest absolute Gasteiger partial charge is 0.307 e. The molecule has 1 aromatic heterocycles. The van der Waals surface area contributed by atoms with Crippen LogP contribution >= 0.6 is 0 Å². The summed E-state index contributed by atoms with van der Waals surface area (Å²) in [7, 11) is 0. The Hall–Kier alpha value is -2.50. The number of nitrogens with zero attached hydrogens (tertiary/aromatic N) is 2. The molecular formula is C21H21FN2O3. The number of rotatable bonds is 3. The highest BCUT2D eigenvalue weighted by molar-refractivity contribution is 6.06. The van der Waals surface area contributed by atoms with Gasteiger partial charge >= 0.3 is 5.97 Å². The molecule has 27 heavy (non-hydrogen) atoms. The highest BCUT2D eigenvalue weighted by Gasteiger charge is 2.59. The van der Waals surface area contributed by atoms with Gasteiger partial charge in [-0.3, -0.25) is 14.6 Å². The van der Waals surface area contributed by atoms with Crippen LogP contribution in [0.2, 0.25) is 0 Å². The van der Waals surface area contributed by atoms with Gasteiger partial charge < -0.3 is 10.0 Å². The lowest BCUT2D eigenvalue weighted by atomic mass is 9.90. The van der Waals surface area contributed by atoms with E-state index < -0.39 is 5.97 Å². The molecule has 0 bridgehead atoms. The number of piperidine rings is 1. The lowest BCUT2D eigenvalue weighted by Crippen LogP contribution is -2.40. The number of carbonyl (C=O) groups excluding carboxylic acids is 1. The van der Waals surface area contributed by atoms with E-state index in [2.05, 4.69) is 4.98 Å². The first kappa shape index (κ1) is 16.7. The van der Waals surface area contributed by atoms with Gasteiger partial charge in [-0.25, -0.2) is 4.39 Å².